The van der Waals surface area contributed by atoms with Crippen LogP contribution < -0.4 is 0 Å². The molecule has 1 N–H and O–H groups in total. The van der Waals surface area contributed by atoms with Gasteiger partial charge in [0.05, 0.1) is 5.92 Å². The summed E-state index contributed by atoms with van der Waals surface area (Å²) in [4.78, 5) is 13.4. The lowest BCUT2D eigenvalue weighted by Crippen LogP contribution is -2.40. The van der Waals surface area contributed by atoms with Crippen LogP contribution in [0.2, 0.25) is 0 Å². The number of carbonyl (C=O) groups is 1. The number of carboxylic acids is 1. The van der Waals surface area contributed by atoms with E-state index < -0.39 is 5.97 Å². The van der Waals surface area contributed by atoms with Crippen molar-refractivity contribution in [2.45, 2.75) is 64.8 Å². The molecule has 1 rings (SSSR count). The number of carboxylic acid groups (broad SMARTS) is 1. The second-order valence-electron chi connectivity index (χ2n) is 5.38. The number of rotatable bonds is 6. The van der Waals surface area contributed by atoms with Crippen LogP contribution >= 0.6 is 0 Å². The van der Waals surface area contributed by atoms with Crippen LogP contribution in [0.5, 0.6) is 0 Å². The van der Waals surface area contributed by atoms with Crippen LogP contribution in [-0.2, 0) is 4.79 Å². The van der Waals surface area contributed by atoms with Gasteiger partial charge in [-0.15, -0.1) is 0 Å². The third-order valence-electron chi connectivity index (χ3n) is 3.78. The van der Waals surface area contributed by atoms with Gasteiger partial charge in [-0.2, -0.15) is 0 Å². The average molecular weight is 241 g/mol. The summed E-state index contributed by atoms with van der Waals surface area (Å²) in [5.74, 6) is -0.912. The van der Waals surface area contributed by atoms with Crippen LogP contribution in [0.1, 0.15) is 58.8 Å². The zero-order valence-electron chi connectivity index (χ0n) is 11.3. The number of hydrogen-bond donors (Lipinski definition) is 1. The van der Waals surface area contributed by atoms with Gasteiger partial charge in [0.1, 0.15) is 0 Å². The minimum Gasteiger partial charge on any atom is -0.481 e. The summed E-state index contributed by atoms with van der Waals surface area (Å²) >= 11 is 0. The maximum Gasteiger partial charge on any atom is 0.307 e. The van der Waals surface area contributed by atoms with Gasteiger partial charge in [0.25, 0.3) is 0 Å². The molecule has 0 amide bonds. The minimum atomic E-state index is -0.667. The molecule has 1 atom stereocenters. The maximum atomic E-state index is 11.0. The summed E-state index contributed by atoms with van der Waals surface area (Å²) < 4.78 is 0. The molecule has 1 saturated carbocycles. The van der Waals surface area contributed by atoms with Gasteiger partial charge in [-0.1, -0.05) is 39.5 Å². The molecule has 100 valence electrons. The Kier molecular flexibility index (Phi) is 6.56. The van der Waals surface area contributed by atoms with Crippen molar-refractivity contribution in [3.8, 4) is 0 Å². The molecule has 0 aliphatic heterocycles. The normalized spacial score (nSPS) is 20.2. The fourth-order valence-corrected chi connectivity index (χ4v) is 2.76. The van der Waals surface area contributed by atoms with E-state index in [1.54, 1.807) is 0 Å². The van der Waals surface area contributed by atoms with Gasteiger partial charge < -0.3 is 5.11 Å². The van der Waals surface area contributed by atoms with E-state index in [0.29, 0.717) is 12.6 Å². The summed E-state index contributed by atoms with van der Waals surface area (Å²) in [6.45, 7) is 5.76. The highest BCUT2D eigenvalue weighted by molar-refractivity contribution is 5.69. The lowest BCUT2D eigenvalue weighted by atomic mass is 10.0. The summed E-state index contributed by atoms with van der Waals surface area (Å²) in [7, 11) is 0. The minimum absolute atomic E-state index is 0.246. The van der Waals surface area contributed by atoms with Crippen LogP contribution in [-0.4, -0.2) is 35.1 Å². The van der Waals surface area contributed by atoms with Gasteiger partial charge in [-0.3, -0.25) is 9.69 Å². The second-order valence-corrected chi connectivity index (χ2v) is 5.38. The Labute approximate surface area is 105 Å². The van der Waals surface area contributed by atoms with Crippen molar-refractivity contribution in [3.63, 3.8) is 0 Å². The van der Waals surface area contributed by atoms with Gasteiger partial charge in [-0.25, -0.2) is 0 Å². The van der Waals surface area contributed by atoms with Crippen molar-refractivity contribution in [2.75, 3.05) is 13.1 Å². The summed E-state index contributed by atoms with van der Waals surface area (Å²) in [6, 6.07) is 0.624. The van der Waals surface area contributed by atoms with E-state index in [1.807, 2.05) is 6.92 Å². The molecular weight excluding hydrogens is 214 g/mol. The topological polar surface area (TPSA) is 40.5 Å². The quantitative estimate of drug-likeness (QED) is 0.726. The van der Waals surface area contributed by atoms with Crippen LogP contribution in [0.3, 0.4) is 0 Å². The molecule has 1 unspecified atom stereocenters. The SMILES string of the molecule is CCCN(CC(C)C(=O)O)C1CCCCCC1. The van der Waals surface area contributed by atoms with Crippen molar-refractivity contribution in [1.29, 1.82) is 0 Å². The first kappa shape index (κ1) is 14.5. The molecule has 0 aromatic rings. The Balaban J connectivity index is 2.53. The second kappa shape index (κ2) is 7.70. The Morgan fingerprint density at radius 1 is 1.29 bits per heavy atom. The summed E-state index contributed by atoms with van der Waals surface area (Å²) in [6.07, 6.45) is 8.95. The van der Waals surface area contributed by atoms with Crippen molar-refractivity contribution in [1.82, 2.24) is 4.90 Å². The average Bonchev–Trinajstić information content (AvgIpc) is 2.56. The van der Waals surface area contributed by atoms with Crippen LogP contribution in [0.4, 0.5) is 0 Å². The van der Waals surface area contributed by atoms with E-state index in [-0.39, 0.29) is 5.92 Å². The fraction of sp³-hybridized carbons (Fsp3) is 0.929. The van der Waals surface area contributed by atoms with E-state index in [2.05, 4.69) is 11.8 Å². The standard InChI is InChI=1S/C14H27NO2/c1-3-10-15(11-12(2)14(16)17)13-8-6-4-5-7-9-13/h12-13H,3-11H2,1-2H3,(H,16,17). The zero-order valence-corrected chi connectivity index (χ0v) is 11.3. The highest BCUT2D eigenvalue weighted by atomic mass is 16.4. The van der Waals surface area contributed by atoms with Crippen molar-refractivity contribution in [3.05, 3.63) is 0 Å². The van der Waals surface area contributed by atoms with Crippen molar-refractivity contribution >= 4 is 5.97 Å². The highest BCUT2D eigenvalue weighted by Crippen LogP contribution is 2.22. The third kappa shape index (κ3) is 5.07. The monoisotopic (exact) mass is 241 g/mol. The van der Waals surface area contributed by atoms with Gasteiger partial charge in [-0.05, 0) is 25.8 Å². The number of aliphatic carboxylic acids is 1. The first-order valence-electron chi connectivity index (χ1n) is 7.12. The highest BCUT2D eigenvalue weighted by Gasteiger charge is 2.23. The third-order valence-corrected chi connectivity index (χ3v) is 3.78. The van der Waals surface area contributed by atoms with Crippen LogP contribution in [0.15, 0.2) is 0 Å². The Bertz CT molecular complexity index is 222. The summed E-state index contributed by atoms with van der Waals surface area (Å²) in [5.41, 5.74) is 0. The molecule has 0 heterocycles. The van der Waals surface area contributed by atoms with E-state index in [4.69, 9.17) is 5.11 Å². The molecule has 1 aliphatic carbocycles. The molecule has 0 aromatic heterocycles. The molecular formula is C14H27NO2. The molecule has 3 heteroatoms. The van der Waals surface area contributed by atoms with E-state index in [0.717, 1.165) is 13.0 Å². The smallest absolute Gasteiger partial charge is 0.307 e. The molecule has 0 spiro atoms. The zero-order chi connectivity index (χ0) is 12.7. The first-order chi connectivity index (χ1) is 8.15. The lowest BCUT2D eigenvalue weighted by molar-refractivity contribution is -0.142. The van der Waals surface area contributed by atoms with Crippen LogP contribution in [0, 0.1) is 5.92 Å². The van der Waals surface area contributed by atoms with Crippen LogP contribution in [0.25, 0.3) is 0 Å². The Morgan fingerprint density at radius 3 is 2.35 bits per heavy atom. The van der Waals surface area contributed by atoms with Gasteiger partial charge in [0.2, 0.25) is 0 Å². The van der Waals surface area contributed by atoms with Crippen molar-refractivity contribution in [2.24, 2.45) is 5.92 Å². The van der Waals surface area contributed by atoms with E-state index in [1.165, 1.54) is 38.5 Å². The molecule has 0 radical (unpaired) electrons. The molecule has 17 heavy (non-hydrogen) atoms. The van der Waals surface area contributed by atoms with E-state index >= 15 is 0 Å². The van der Waals surface area contributed by atoms with E-state index in [9.17, 15) is 4.79 Å². The largest absolute Gasteiger partial charge is 0.481 e. The predicted molar refractivity (Wildman–Crippen MR) is 70.2 cm³/mol. The molecule has 1 aliphatic rings. The molecule has 0 bridgehead atoms. The molecule has 0 aromatic carbocycles. The fourth-order valence-electron chi connectivity index (χ4n) is 2.76. The Morgan fingerprint density at radius 2 is 1.88 bits per heavy atom. The van der Waals surface area contributed by atoms with Gasteiger partial charge in [0.15, 0.2) is 0 Å². The molecule has 1 fully saturated rings. The lowest BCUT2D eigenvalue weighted by Gasteiger charge is -2.32. The predicted octanol–water partition coefficient (Wildman–Crippen LogP) is 3.14. The summed E-state index contributed by atoms with van der Waals surface area (Å²) in [5, 5.41) is 9.03. The molecule has 3 nitrogen and oxygen atoms in total. The Hall–Kier alpha value is -0.570. The number of hydrogen-bond acceptors (Lipinski definition) is 2. The van der Waals surface area contributed by atoms with Gasteiger partial charge in [0, 0.05) is 12.6 Å². The van der Waals surface area contributed by atoms with Crippen molar-refractivity contribution < 1.29 is 9.90 Å². The first-order valence-corrected chi connectivity index (χ1v) is 7.12. The number of nitrogens with zero attached hydrogens (tertiary/aromatic N) is 1. The van der Waals surface area contributed by atoms with Gasteiger partial charge >= 0.3 is 5.97 Å². The molecule has 0 saturated heterocycles. The maximum absolute atomic E-state index is 11.0.